The molecule has 0 amide bonds. The molecular formula is C19H34FN. The maximum Gasteiger partial charge on any atom is 0.110 e. The van der Waals surface area contributed by atoms with Crippen LogP contribution >= 0.6 is 0 Å². The third-order valence-corrected chi connectivity index (χ3v) is 4.39. The maximum absolute atomic E-state index is 13.7. The molecule has 1 aliphatic rings. The second-order valence-electron chi connectivity index (χ2n) is 6.35. The molecule has 21 heavy (non-hydrogen) atoms. The van der Waals surface area contributed by atoms with E-state index in [1.54, 1.807) is 6.08 Å². The average molecular weight is 295 g/mol. The Morgan fingerprint density at radius 1 is 0.952 bits per heavy atom. The molecule has 1 fully saturated rings. The first kappa shape index (κ1) is 18.4. The van der Waals surface area contributed by atoms with Crippen molar-refractivity contribution in [1.82, 2.24) is 5.32 Å². The number of allylic oxidation sites excluding steroid dienone is 2. The van der Waals surface area contributed by atoms with Crippen molar-refractivity contribution in [2.75, 3.05) is 6.54 Å². The molecule has 0 bridgehead atoms. The number of hydrogen-bond donors (Lipinski definition) is 1. The summed E-state index contributed by atoms with van der Waals surface area (Å²) >= 11 is 0. The third-order valence-electron chi connectivity index (χ3n) is 4.39. The number of rotatable bonds is 12. The molecule has 0 spiro atoms. The zero-order chi connectivity index (χ0) is 15.2. The smallest absolute Gasteiger partial charge is 0.110 e. The Labute approximate surface area is 131 Å². The summed E-state index contributed by atoms with van der Waals surface area (Å²) in [7, 11) is 0. The molecule has 1 aliphatic carbocycles. The van der Waals surface area contributed by atoms with Crippen LogP contribution in [0, 0.1) is 0 Å². The maximum atomic E-state index is 13.7. The molecule has 0 atom stereocenters. The van der Waals surface area contributed by atoms with Gasteiger partial charge in [-0.15, -0.1) is 6.58 Å². The second kappa shape index (κ2) is 13.1. The van der Waals surface area contributed by atoms with Crippen molar-refractivity contribution in [2.45, 2.75) is 89.5 Å². The van der Waals surface area contributed by atoms with Gasteiger partial charge in [0.05, 0.1) is 0 Å². The number of halogens is 1. The molecule has 0 aromatic rings. The van der Waals surface area contributed by atoms with Gasteiger partial charge in [0.25, 0.3) is 0 Å². The minimum absolute atomic E-state index is 0.0338. The molecule has 1 N–H and O–H groups in total. The van der Waals surface area contributed by atoms with E-state index >= 15 is 0 Å². The second-order valence-corrected chi connectivity index (χ2v) is 6.35. The lowest BCUT2D eigenvalue weighted by molar-refractivity contribution is 0.373. The highest BCUT2D eigenvalue weighted by Crippen LogP contribution is 2.17. The van der Waals surface area contributed by atoms with Crippen LogP contribution in [0.1, 0.15) is 83.5 Å². The molecule has 1 saturated carbocycles. The van der Waals surface area contributed by atoms with Crippen LogP contribution in [0.5, 0.6) is 0 Å². The van der Waals surface area contributed by atoms with Gasteiger partial charge in [0.15, 0.2) is 0 Å². The molecule has 0 saturated heterocycles. The van der Waals surface area contributed by atoms with Crippen LogP contribution in [-0.4, -0.2) is 12.6 Å². The summed E-state index contributed by atoms with van der Waals surface area (Å²) in [6.45, 7) is 4.17. The van der Waals surface area contributed by atoms with Crippen LogP contribution in [0.3, 0.4) is 0 Å². The van der Waals surface area contributed by atoms with E-state index in [4.69, 9.17) is 0 Å². The van der Waals surface area contributed by atoms with Gasteiger partial charge in [-0.1, -0.05) is 57.1 Å². The quantitative estimate of drug-likeness (QED) is 0.340. The number of hydrogen-bond acceptors (Lipinski definition) is 1. The van der Waals surface area contributed by atoms with Crippen molar-refractivity contribution >= 4 is 0 Å². The van der Waals surface area contributed by atoms with Crippen LogP contribution in [0.15, 0.2) is 24.6 Å². The first-order chi connectivity index (χ1) is 10.3. The first-order valence-corrected chi connectivity index (χ1v) is 9.01. The lowest BCUT2D eigenvalue weighted by Gasteiger charge is -2.22. The Kier molecular flexibility index (Phi) is 11.5. The molecular weight excluding hydrogens is 261 g/mol. The van der Waals surface area contributed by atoms with Gasteiger partial charge < -0.3 is 5.32 Å². The molecule has 0 aromatic carbocycles. The van der Waals surface area contributed by atoms with Crippen molar-refractivity contribution in [1.29, 1.82) is 0 Å². The van der Waals surface area contributed by atoms with Crippen molar-refractivity contribution in [2.24, 2.45) is 0 Å². The van der Waals surface area contributed by atoms with E-state index < -0.39 is 0 Å². The molecule has 0 aliphatic heterocycles. The zero-order valence-electron chi connectivity index (χ0n) is 13.7. The first-order valence-electron chi connectivity index (χ1n) is 9.01. The third kappa shape index (κ3) is 10.7. The Hall–Kier alpha value is -0.630. The van der Waals surface area contributed by atoms with E-state index in [2.05, 4.69) is 11.9 Å². The molecule has 0 radical (unpaired) electrons. The Morgan fingerprint density at radius 3 is 2.24 bits per heavy atom. The topological polar surface area (TPSA) is 12.0 Å². The highest BCUT2D eigenvalue weighted by atomic mass is 19.1. The normalized spacial score (nSPS) is 17.1. The van der Waals surface area contributed by atoms with E-state index in [0.29, 0.717) is 12.6 Å². The molecule has 0 aromatic heterocycles. The van der Waals surface area contributed by atoms with Crippen LogP contribution in [0.4, 0.5) is 4.39 Å². The van der Waals surface area contributed by atoms with Gasteiger partial charge in [0.1, 0.15) is 5.83 Å². The van der Waals surface area contributed by atoms with Gasteiger partial charge in [-0.05, 0) is 38.5 Å². The summed E-state index contributed by atoms with van der Waals surface area (Å²) < 4.78 is 13.7. The Bertz CT molecular complexity index is 279. The minimum Gasteiger partial charge on any atom is -0.308 e. The van der Waals surface area contributed by atoms with Crippen molar-refractivity contribution < 1.29 is 4.39 Å². The fourth-order valence-electron chi connectivity index (χ4n) is 3.02. The van der Waals surface area contributed by atoms with Gasteiger partial charge in [0.2, 0.25) is 0 Å². The minimum atomic E-state index is 0.0338. The summed E-state index contributed by atoms with van der Waals surface area (Å²) in [5, 5.41) is 3.35. The predicted molar refractivity (Wildman–Crippen MR) is 91.2 cm³/mol. The fraction of sp³-hybridized carbons (Fsp3) is 0.789. The molecule has 0 heterocycles. The van der Waals surface area contributed by atoms with Crippen LogP contribution < -0.4 is 5.32 Å². The van der Waals surface area contributed by atoms with Crippen LogP contribution in [0.2, 0.25) is 0 Å². The summed E-state index contributed by atoms with van der Waals surface area (Å²) in [5.74, 6) is 0.0338. The van der Waals surface area contributed by atoms with Crippen LogP contribution in [0.25, 0.3) is 0 Å². The number of nitrogens with one attached hydrogen (secondary N) is 1. The molecule has 122 valence electrons. The molecule has 0 unspecified atom stereocenters. The molecule has 1 nitrogen and oxygen atoms in total. The number of unbranched alkanes of at least 4 members (excludes halogenated alkanes) is 7. The van der Waals surface area contributed by atoms with Crippen molar-refractivity contribution in [3.8, 4) is 0 Å². The van der Waals surface area contributed by atoms with Crippen LogP contribution in [-0.2, 0) is 0 Å². The molecule has 2 heteroatoms. The average Bonchev–Trinajstić information content (AvgIpc) is 2.52. The molecule has 1 rings (SSSR count). The SMILES string of the molecule is C=CCCCCCCCC/C=C(\F)CNC1CCCCC1. The standard InChI is InChI=1S/C19H34FN/c1-2-3-4-5-6-7-8-9-11-14-18(20)17-21-19-15-12-10-13-16-19/h2,14,19,21H,1,3-13,15-17H2/b18-14-. The Balaban J connectivity index is 1.90. The van der Waals surface area contributed by atoms with E-state index in [0.717, 1.165) is 19.3 Å². The van der Waals surface area contributed by atoms with E-state index in [9.17, 15) is 4.39 Å². The van der Waals surface area contributed by atoms with E-state index in [1.807, 2.05) is 6.08 Å². The highest BCUT2D eigenvalue weighted by Gasteiger charge is 2.12. The lowest BCUT2D eigenvalue weighted by Crippen LogP contribution is -2.31. The summed E-state index contributed by atoms with van der Waals surface area (Å²) in [6, 6.07) is 0.550. The predicted octanol–water partition coefficient (Wildman–Crippen LogP) is 6.07. The van der Waals surface area contributed by atoms with E-state index in [-0.39, 0.29) is 5.83 Å². The zero-order valence-corrected chi connectivity index (χ0v) is 13.7. The van der Waals surface area contributed by atoms with Crippen molar-refractivity contribution in [3.63, 3.8) is 0 Å². The van der Waals surface area contributed by atoms with Gasteiger partial charge >= 0.3 is 0 Å². The van der Waals surface area contributed by atoms with Gasteiger partial charge in [-0.2, -0.15) is 0 Å². The highest BCUT2D eigenvalue weighted by molar-refractivity contribution is 4.94. The van der Waals surface area contributed by atoms with Gasteiger partial charge in [-0.3, -0.25) is 0 Å². The largest absolute Gasteiger partial charge is 0.308 e. The van der Waals surface area contributed by atoms with Gasteiger partial charge in [-0.25, -0.2) is 4.39 Å². The van der Waals surface area contributed by atoms with Crippen molar-refractivity contribution in [3.05, 3.63) is 24.6 Å². The van der Waals surface area contributed by atoms with E-state index in [1.165, 1.54) is 64.2 Å². The summed E-state index contributed by atoms with van der Waals surface area (Å²) in [6.07, 6.45) is 19.7. The van der Waals surface area contributed by atoms with Gasteiger partial charge in [0, 0.05) is 12.6 Å². The Morgan fingerprint density at radius 2 is 1.57 bits per heavy atom. The summed E-state index contributed by atoms with van der Waals surface area (Å²) in [5.41, 5.74) is 0. The fourth-order valence-corrected chi connectivity index (χ4v) is 3.02. The monoisotopic (exact) mass is 295 g/mol. The summed E-state index contributed by atoms with van der Waals surface area (Å²) in [4.78, 5) is 0. The lowest BCUT2D eigenvalue weighted by atomic mass is 9.95.